The SMILES string of the molecule is CCNCc1cc(CN2CCN(C(C)CC)CC2)on1. The van der Waals surface area contributed by atoms with Gasteiger partial charge in [0.25, 0.3) is 0 Å². The first-order valence-corrected chi connectivity index (χ1v) is 7.84. The molecule has 1 N–H and O–H groups in total. The first kappa shape index (κ1) is 15.5. The van der Waals surface area contributed by atoms with Crippen LogP contribution in [0.5, 0.6) is 0 Å². The van der Waals surface area contributed by atoms with Crippen molar-refractivity contribution in [3.8, 4) is 0 Å². The second-order valence-corrected chi connectivity index (χ2v) is 5.63. The van der Waals surface area contributed by atoms with Crippen molar-refractivity contribution in [2.75, 3.05) is 32.7 Å². The summed E-state index contributed by atoms with van der Waals surface area (Å²) in [4.78, 5) is 5.03. The van der Waals surface area contributed by atoms with Crippen LogP contribution in [0.2, 0.25) is 0 Å². The molecule has 0 bridgehead atoms. The van der Waals surface area contributed by atoms with Gasteiger partial charge in [-0.2, -0.15) is 0 Å². The third kappa shape index (κ3) is 4.30. The second kappa shape index (κ2) is 7.76. The minimum Gasteiger partial charge on any atom is -0.360 e. The Hall–Kier alpha value is -0.910. The second-order valence-electron chi connectivity index (χ2n) is 5.63. The molecule has 114 valence electrons. The van der Waals surface area contributed by atoms with Gasteiger partial charge < -0.3 is 9.84 Å². The molecule has 5 nitrogen and oxygen atoms in total. The Morgan fingerprint density at radius 1 is 1.30 bits per heavy atom. The van der Waals surface area contributed by atoms with E-state index in [2.05, 4.69) is 47.1 Å². The number of hydrogen-bond acceptors (Lipinski definition) is 5. The predicted molar refractivity (Wildman–Crippen MR) is 80.5 cm³/mol. The predicted octanol–water partition coefficient (Wildman–Crippen LogP) is 1.70. The fourth-order valence-electron chi connectivity index (χ4n) is 2.61. The van der Waals surface area contributed by atoms with Crippen LogP contribution >= 0.6 is 0 Å². The van der Waals surface area contributed by atoms with Gasteiger partial charge in [-0.25, -0.2) is 0 Å². The summed E-state index contributed by atoms with van der Waals surface area (Å²) in [6, 6.07) is 2.78. The van der Waals surface area contributed by atoms with Gasteiger partial charge in [0.15, 0.2) is 5.76 Å². The molecule has 1 aliphatic heterocycles. The summed E-state index contributed by atoms with van der Waals surface area (Å²) in [7, 11) is 0. The van der Waals surface area contributed by atoms with Gasteiger partial charge in [-0.15, -0.1) is 0 Å². The first-order chi connectivity index (χ1) is 9.72. The lowest BCUT2D eigenvalue weighted by Gasteiger charge is -2.37. The van der Waals surface area contributed by atoms with Crippen LogP contribution in [0, 0.1) is 0 Å². The molecule has 0 radical (unpaired) electrons. The molecule has 0 amide bonds. The van der Waals surface area contributed by atoms with Crippen LogP contribution in [0.3, 0.4) is 0 Å². The summed E-state index contributed by atoms with van der Waals surface area (Å²) in [6.07, 6.45) is 1.23. The lowest BCUT2D eigenvalue weighted by Crippen LogP contribution is -2.48. The molecule has 1 aromatic rings. The van der Waals surface area contributed by atoms with E-state index in [1.807, 2.05) is 0 Å². The lowest BCUT2D eigenvalue weighted by molar-refractivity contribution is 0.0904. The fourth-order valence-corrected chi connectivity index (χ4v) is 2.61. The zero-order valence-electron chi connectivity index (χ0n) is 13.1. The number of aromatic nitrogens is 1. The maximum Gasteiger partial charge on any atom is 0.151 e. The van der Waals surface area contributed by atoms with E-state index in [9.17, 15) is 0 Å². The van der Waals surface area contributed by atoms with Crippen LogP contribution in [-0.4, -0.2) is 53.7 Å². The zero-order valence-corrected chi connectivity index (χ0v) is 13.1. The van der Waals surface area contributed by atoms with Crippen molar-refractivity contribution in [1.29, 1.82) is 0 Å². The van der Waals surface area contributed by atoms with Crippen LogP contribution in [0.15, 0.2) is 10.6 Å². The molecule has 2 heterocycles. The van der Waals surface area contributed by atoms with E-state index in [-0.39, 0.29) is 0 Å². The van der Waals surface area contributed by atoms with E-state index < -0.39 is 0 Å². The van der Waals surface area contributed by atoms with Crippen molar-refractivity contribution < 1.29 is 4.52 Å². The molecule has 1 unspecified atom stereocenters. The molecule has 1 fully saturated rings. The molecule has 5 heteroatoms. The van der Waals surface area contributed by atoms with Crippen LogP contribution in [0.4, 0.5) is 0 Å². The molecular formula is C15H28N4O. The highest BCUT2D eigenvalue weighted by atomic mass is 16.5. The maximum atomic E-state index is 5.41. The monoisotopic (exact) mass is 280 g/mol. The average Bonchev–Trinajstić information content (AvgIpc) is 2.92. The Morgan fingerprint density at radius 2 is 2.05 bits per heavy atom. The van der Waals surface area contributed by atoms with Gasteiger partial charge >= 0.3 is 0 Å². The van der Waals surface area contributed by atoms with E-state index in [0.29, 0.717) is 6.04 Å². The van der Waals surface area contributed by atoms with E-state index >= 15 is 0 Å². The van der Waals surface area contributed by atoms with Crippen molar-refractivity contribution in [3.63, 3.8) is 0 Å². The van der Waals surface area contributed by atoms with Crippen molar-refractivity contribution in [1.82, 2.24) is 20.3 Å². The largest absolute Gasteiger partial charge is 0.360 e. The summed E-state index contributed by atoms with van der Waals surface area (Å²) in [5.41, 5.74) is 1.00. The van der Waals surface area contributed by atoms with E-state index in [4.69, 9.17) is 4.52 Å². The normalized spacial score (nSPS) is 19.4. The summed E-state index contributed by atoms with van der Waals surface area (Å²) in [5.74, 6) is 0.981. The van der Waals surface area contributed by atoms with Gasteiger partial charge in [0.2, 0.25) is 0 Å². The van der Waals surface area contributed by atoms with Gasteiger partial charge in [-0.3, -0.25) is 9.80 Å². The van der Waals surface area contributed by atoms with Crippen molar-refractivity contribution in [3.05, 3.63) is 17.5 Å². The van der Waals surface area contributed by atoms with Gasteiger partial charge in [0.1, 0.15) is 0 Å². The molecule has 1 saturated heterocycles. The summed E-state index contributed by atoms with van der Waals surface area (Å²) >= 11 is 0. The molecule has 0 spiro atoms. The summed E-state index contributed by atoms with van der Waals surface area (Å²) < 4.78 is 5.41. The molecule has 1 aromatic heterocycles. The molecule has 0 aromatic carbocycles. The Balaban J connectivity index is 1.76. The number of nitrogens with one attached hydrogen (secondary N) is 1. The smallest absolute Gasteiger partial charge is 0.151 e. The fraction of sp³-hybridized carbons (Fsp3) is 0.800. The first-order valence-electron chi connectivity index (χ1n) is 7.84. The molecule has 20 heavy (non-hydrogen) atoms. The Morgan fingerprint density at radius 3 is 2.70 bits per heavy atom. The van der Waals surface area contributed by atoms with Crippen molar-refractivity contribution in [2.24, 2.45) is 0 Å². The van der Waals surface area contributed by atoms with E-state index in [0.717, 1.165) is 57.3 Å². The topological polar surface area (TPSA) is 44.5 Å². The molecule has 2 rings (SSSR count). The number of rotatable bonds is 7. The van der Waals surface area contributed by atoms with Crippen LogP contribution < -0.4 is 5.32 Å². The van der Waals surface area contributed by atoms with Crippen LogP contribution in [0.1, 0.15) is 38.6 Å². The lowest BCUT2D eigenvalue weighted by atomic mass is 10.2. The third-order valence-corrected chi connectivity index (χ3v) is 4.16. The van der Waals surface area contributed by atoms with Crippen LogP contribution in [0.25, 0.3) is 0 Å². The highest BCUT2D eigenvalue weighted by Crippen LogP contribution is 2.12. The van der Waals surface area contributed by atoms with E-state index in [1.54, 1.807) is 0 Å². The van der Waals surface area contributed by atoms with Crippen molar-refractivity contribution >= 4 is 0 Å². The van der Waals surface area contributed by atoms with Gasteiger partial charge in [-0.1, -0.05) is 19.0 Å². The van der Waals surface area contributed by atoms with Crippen molar-refractivity contribution in [2.45, 2.75) is 46.3 Å². The van der Waals surface area contributed by atoms with Gasteiger partial charge in [-0.05, 0) is 19.9 Å². The molecule has 0 saturated carbocycles. The highest BCUT2D eigenvalue weighted by Gasteiger charge is 2.21. The number of nitrogens with zero attached hydrogens (tertiary/aromatic N) is 3. The number of hydrogen-bond donors (Lipinski definition) is 1. The molecule has 0 aliphatic carbocycles. The summed E-state index contributed by atoms with van der Waals surface area (Å²) in [6.45, 7) is 13.9. The Bertz CT molecular complexity index is 385. The zero-order chi connectivity index (χ0) is 14.4. The molecular weight excluding hydrogens is 252 g/mol. The average molecular weight is 280 g/mol. The Labute approximate surface area is 122 Å². The van der Waals surface area contributed by atoms with Gasteiger partial charge in [0.05, 0.1) is 12.2 Å². The number of piperazine rings is 1. The van der Waals surface area contributed by atoms with Crippen LogP contribution in [-0.2, 0) is 13.1 Å². The highest BCUT2D eigenvalue weighted by molar-refractivity contribution is 5.05. The van der Waals surface area contributed by atoms with E-state index in [1.165, 1.54) is 6.42 Å². The third-order valence-electron chi connectivity index (χ3n) is 4.16. The van der Waals surface area contributed by atoms with Gasteiger partial charge in [0, 0.05) is 44.8 Å². The quantitative estimate of drug-likeness (QED) is 0.823. The maximum absolute atomic E-state index is 5.41. The molecule has 1 aliphatic rings. The standard InChI is InChI=1S/C15H28N4O/c1-4-13(3)19-8-6-18(7-9-19)12-15-10-14(17-20-15)11-16-5-2/h10,13,16H,4-9,11-12H2,1-3H3. The Kier molecular flexibility index (Phi) is 6.01. The minimum atomic E-state index is 0.703. The summed E-state index contributed by atoms with van der Waals surface area (Å²) in [5, 5.41) is 7.36. The minimum absolute atomic E-state index is 0.703. The molecule has 1 atom stereocenters.